The maximum atomic E-state index is 12.1. The largest absolute Gasteiger partial charge is 0.373 e. The van der Waals surface area contributed by atoms with Crippen LogP contribution >= 0.6 is 11.6 Å². The first-order valence-corrected chi connectivity index (χ1v) is 6.45. The van der Waals surface area contributed by atoms with Crippen molar-refractivity contribution in [2.75, 3.05) is 17.7 Å². The molecule has 1 aromatic heterocycles. The lowest BCUT2D eigenvalue weighted by molar-refractivity contribution is 0.102. The summed E-state index contributed by atoms with van der Waals surface area (Å²) in [5, 5.41) is 6.11. The Morgan fingerprint density at radius 3 is 2.75 bits per heavy atom. The van der Waals surface area contributed by atoms with Gasteiger partial charge in [-0.15, -0.1) is 0 Å². The van der Waals surface area contributed by atoms with Crippen molar-refractivity contribution in [3.8, 4) is 0 Å². The zero-order valence-electron chi connectivity index (χ0n) is 11.0. The minimum atomic E-state index is -0.267. The normalized spacial score (nSPS) is 10.2. The topological polar surface area (TPSA) is 80.0 Å². The molecule has 0 unspecified atom stereocenters. The number of aromatic nitrogens is 1. The van der Waals surface area contributed by atoms with Gasteiger partial charge in [0.05, 0.1) is 16.3 Å². The summed E-state index contributed by atoms with van der Waals surface area (Å²) in [6.07, 6.45) is 1.50. The van der Waals surface area contributed by atoms with Gasteiger partial charge in [-0.05, 0) is 29.8 Å². The second-order valence-electron chi connectivity index (χ2n) is 4.15. The summed E-state index contributed by atoms with van der Waals surface area (Å²) in [5.74, 6) is 0.431. The number of amides is 1. The molecule has 0 fully saturated rings. The van der Waals surface area contributed by atoms with Crippen molar-refractivity contribution in [1.82, 2.24) is 4.98 Å². The molecule has 0 saturated heterocycles. The zero-order chi connectivity index (χ0) is 14.5. The fourth-order valence-corrected chi connectivity index (χ4v) is 1.83. The van der Waals surface area contributed by atoms with Crippen molar-refractivity contribution in [2.24, 2.45) is 5.73 Å². The van der Waals surface area contributed by atoms with Crippen LogP contribution in [-0.2, 0) is 6.54 Å². The molecular weight excluding hydrogens is 276 g/mol. The molecule has 104 valence electrons. The number of nitrogens with zero attached hydrogens (tertiary/aromatic N) is 1. The summed E-state index contributed by atoms with van der Waals surface area (Å²) < 4.78 is 0. The molecule has 2 rings (SSSR count). The quantitative estimate of drug-likeness (QED) is 0.808. The Morgan fingerprint density at radius 1 is 1.35 bits per heavy atom. The average Bonchev–Trinajstić information content (AvgIpc) is 2.49. The molecule has 20 heavy (non-hydrogen) atoms. The number of rotatable bonds is 4. The van der Waals surface area contributed by atoms with Gasteiger partial charge in [0.2, 0.25) is 0 Å². The smallest absolute Gasteiger partial charge is 0.257 e. The SMILES string of the molecule is CNc1ccc(C(=O)Nc2cc(CN)ccc2Cl)cn1. The van der Waals surface area contributed by atoms with Crippen LogP contribution in [-0.4, -0.2) is 17.9 Å². The van der Waals surface area contributed by atoms with Gasteiger partial charge in [-0.25, -0.2) is 4.98 Å². The zero-order valence-corrected chi connectivity index (χ0v) is 11.7. The molecule has 0 radical (unpaired) electrons. The molecule has 5 nitrogen and oxygen atoms in total. The first-order chi connectivity index (χ1) is 9.63. The lowest BCUT2D eigenvalue weighted by Gasteiger charge is -2.09. The molecule has 0 atom stereocenters. The van der Waals surface area contributed by atoms with Crippen molar-refractivity contribution >= 4 is 29.0 Å². The second-order valence-corrected chi connectivity index (χ2v) is 4.56. The van der Waals surface area contributed by atoms with Gasteiger partial charge in [-0.3, -0.25) is 4.79 Å². The minimum absolute atomic E-state index is 0.267. The van der Waals surface area contributed by atoms with Crippen LogP contribution in [0.25, 0.3) is 0 Å². The van der Waals surface area contributed by atoms with E-state index >= 15 is 0 Å². The molecule has 0 aliphatic heterocycles. The van der Waals surface area contributed by atoms with Gasteiger partial charge in [-0.2, -0.15) is 0 Å². The predicted octanol–water partition coefficient (Wildman–Crippen LogP) is 2.49. The van der Waals surface area contributed by atoms with E-state index in [-0.39, 0.29) is 5.91 Å². The third-order valence-corrected chi connectivity index (χ3v) is 3.13. The van der Waals surface area contributed by atoms with Crippen molar-refractivity contribution in [3.05, 3.63) is 52.7 Å². The summed E-state index contributed by atoms with van der Waals surface area (Å²) in [6.45, 7) is 0.387. The molecule has 6 heteroatoms. The molecule has 1 amide bonds. The van der Waals surface area contributed by atoms with Gasteiger partial charge >= 0.3 is 0 Å². The Bertz CT molecular complexity index is 613. The Hall–Kier alpha value is -2.11. The van der Waals surface area contributed by atoms with Crippen molar-refractivity contribution < 1.29 is 4.79 Å². The summed E-state index contributed by atoms with van der Waals surface area (Å²) >= 11 is 6.05. The number of nitrogens with two attached hydrogens (primary N) is 1. The number of benzene rings is 1. The van der Waals surface area contributed by atoms with E-state index < -0.39 is 0 Å². The Kier molecular flexibility index (Phi) is 4.55. The minimum Gasteiger partial charge on any atom is -0.373 e. The molecule has 0 aliphatic rings. The van der Waals surface area contributed by atoms with E-state index in [2.05, 4.69) is 15.6 Å². The van der Waals surface area contributed by atoms with Gasteiger partial charge in [0.15, 0.2) is 0 Å². The molecule has 0 spiro atoms. The van der Waals surface area contributed by atoms with Gasteiger partial charge in [0.25, 0.3) is 5.91 Å². The molecule has 0 bridgehead atoms. The monoisotopic (exact) mass is 290 g/mol. The van der Waals surface area contributed by atoms with Crippen molar-refractivity contribution in [2.45, 2.75) is 6.54 Å². The van der Waals surface area contributed by atoms with Gasteiger partial charge in [0, 0.05) is 19.8 Å². The van der Waals surface area contributed by atoms with Crippen LogP contribution in [0.15, 0.2) is 36.5 Å². The maximum Gasteiger partial charge on any atom is 0.257 e. The number of pyridine rings is 1. The third kappa shape index (κ3) is 3.26. The molecule has 1 heterocycles. The standard InChI is InChI=1S/C14H15ClN4O/c1-17-13-5-3-10(8-18-13)14(20)19-12-6-9(7-16)2-4-11(12)15/h2-6,8H,7,16H2,1H3,(H,17,18)(H,19,20). The fourth-order valence-electron chi connectivity index (χ4n) is 1.67. The molecule has 1 aromatic carbocycles. The van der Waals surface area contributed by atoms with E-state index in [1.54, 1.807) is 31.3 Å². The van der Waals surface area contributed by atoms with Crippen LogP contribution in [0.1, 0.15) is 15.9 Å². The molecule has 2 aromatic rings. The fraction of sp³-hybridized carbons (Fsp3) is 0.143. The van der Waals surface area contributed by atoms with Crippen molar-refractivity contribution in [1.29, 1.82) is 0 Å². The first-order valence-electron chi connectivity index (χ1n) is 6.07. The molecular formula is C14H15ClN4O. The van der Waals surface area contributed by atoms with E-state index in [1.165, 1.54) is 6.20 Å². The van der Waals surface area contributed by atoms with Crippen LogP contribution < -0.4 is 16.4 Å². The lowest BCUT2D eigenvalue weighted by Crippen LogP contribution is -2.13. The highest BCUT2D eigenvalue weighted by Gasteiger charge is 2.09. The summed E-state index contributed by atoms with van der Waals surface area (Å²) in [5.41, 5.74) is 7.46. The molecule has 0 aliphatic carbocycles. The van der Waals surface area contributed by atoms with Gasteiger partial charge in [-0.1, -0.05) is 17.7 Å². The highest BCUT2D eigenvalue weighted by atomic mass is 35.5. The van der Waals surface area contributed by atoms with Gasteiger partial charge < -0.3 is 16.4 Å². The Morgan fingerprint density at radius 2 is 2.15 bits per heavy atom. The number of anilines is 2. The van der Waals surface area contributed by atoms with Crippen LogP contribution in [0.4, 0.5) is 11.5 Å². The van der Waals surface area contributed by atoms with E-state index in [0.717, 1.165) is 5.56 Å². The Labute approximate surface area is 122 Å². The predicted molar refractivity (Wildman–Crippen MR) is 81.1 cm³/mol. The number of carbonyl (C=O) groups is 1. The number of nitrogens with one attached hydrogen (secondary N) is 2. The van der Waals surface area contributed by atoms with E-state index in [4.69, 9.17) is 17.3 Å². The number of carbonyl (C=O) groups excluding carboxylic acids is 1. The third-order valence-electron chi connectivity index (χ3n) is 2.80. The second kappa shape index (κ2) is 6.36. The number of hydrogen-bond acceptors (Lipinski definition) is 4. The molecule has 4 N–H and O–H groups in total. The highest BCUT2D eigenvalue weighted by molar-refractivity contribution is 6.33. The van der Waals surface area contributed by atoms with Crippen molar-refractivity contribution in [3.63, 3.8) is 0 Å². The summed E-state index contributed by atoms with van der Waals surface area (Å²) in [4.78, 5) is 16.2. The maximum absolute atomic E-state index is 12.1. The van der Waals surface area contributed by atoms with E-state index in [1.807, 2.05) is 6.07 Å². The molecule has 0 saturated carbocycles. The van der Waals surface area contributed by atoms with Crippen LogP contribution in [0.3, 0.4) is 0 Å². The lowest BCUT2D eigenvalue weighted by atomic mass is 10.2. The van der Waals surface area contributed by atoms with E-state index in [0.29, 0.717) is 28.6 Å². The summed E-state index contributed by atoms with van der Waals surface area (Å²) in [7, 11) is 1.76. The number of hydrogen-bond donors (Lipinski definition) is 3. The Balaban J connectivity index is 2.18. The van der Waals surface area contributed by atoms with Crippen LogP contribution in [0.2, 0.25) is 5.02 Å². The first kappa shape index (κ1) is 14.3. The van der Waals surface area contributed by atoms with Crippen LogP contribution in [0.5, 0.6) is 0 Å². The van der Waals surface area contributed by atoms with Crippen LogP contribution in [0, 0.1) is 0 Å². The summed E-state index contributed by atoms with van der Waals surface area (Å²) in [6, 6.07) is 8.71. The number of halogens is 1. The highest BCUT2D eigenvalue weighted by Crippen LogP contribution is 2.23. The van der Waals surface area contributed by atoms with E-state index in [9.17, 15) is 4.79 Å². The average molecular weight is 291 g/mol. The van der Waals surface area contributed by atoms with Gasteiger partial charge in [0.1, 0.15) is 5.82 Å².